The smallest absolute Gasteiger partial charge is 0.287 e. The van der Waals surface area contributed by atoms with Crippen LogP contribution in [0.5, 0.6) is 0 Å². The second-order valence-electron chi connectivity index (χ2n) is 14.9. The number of fused-ring (bicyclic) bond motifs is 1. The molecule has 0 aliphatic heterocycles. The molecule has 0 radical (unpaired) electrons. The third-order valence-electron chi connectivity index (χ3n) is 11.1. The molecule has 4 aliphatic carbocycles. The highest BCUT2D eigenvalue weighted by atomic mass is 16.3. The molecule has 2 unspecified atom stereocenters. The summed E-state index contributed by atoms with van der Waals surface area (Å²) in [5, 5.41) is 9.53. The van der Waals surface area contributed by atoms with Gasteiger partial charge in [-0.15, -0.1) is 0 Å². The first kappa shape index (κ1) is 33.2. The van der Waals surface area contributed by atoms with Crippen LogP contribution < -0.4 is 21.5 Å². The molecule has 11 nitrogen and oxygen atoms in total. The van der Waals surface area contributed by atoms with Gasteiger partial charge in [0.15, 0.2) is 5.76 Å². The first-order valence-electron chi connectivity index (χ1n) is 16.7. The fourth-order valence-electron chi connectivity index (χ4n) is 8.89. The van der Waals surface area contributed by atoms with Crippen LogP contribution in [0.15, 0.2) is 64.0 Å². The Morgan fingerprint density at radius 2 is 1.75 bits per heavy atom. The number of furan rings is 1. The molecule has 4 aliphatic rings. The van der Waals surface area contributed by atoms with Gasteiger partial charge >= 0.3 is 0 Å². The summed E-state index contributed by atoms with van der Waals surface area (Å²) < 4.78 is 7.10. The van der Waals surface area contributed by atoms with Crippen molar-refractivity contribution in [1.82, 2.24) is 20.1 Å². The highest BCUT2D eigenvalue weighted by molar-refractivity contribution is 6.03. The van der Waals surface area contributed by atoms with Crippen molar-refractivity contribution < 1.29 is 23.6 Å². The Morgan fingerprint density at radius 1 is 1.04 bits per heavy atom. The van der Waals surface area contributed by atoms with E-state index in [1.807, 2.05) is 18.2 Å². The first-order chi connectivity index (χ1) is 22.7. The number of likely N-dealkylation sites (N-methyl/N-ethyl adjacent to an activating group) is 1. The second-order valence-corrected chi connectivity index (χ2v) is 14.9. The molecule has 3 N–H and O–H groups in total. The van der Waals surface area contributed by atoms with Crippen molar-refractivity contribution in [3.63, 3.8) is 0 Å². The van der Waals surface area contributed by atoms with Crippen LogP contribution in [-0.2, 0) is 20.9 Å². The van der Waals surface area contributed by atoms with Crippen LogP contribution in [0.1, 0.15) is 74.9 Å². The summed E-state index contributed by atoms with van der Waals surface area (Å²) in [6.45, 7) is 6.31. The Morgan fingerprint density at radius 3 is 2.42 bits per heavy atom. The van der Waals surface area contributed by atoms with E-state index in [1.54, 1.807) is 39.2 Å². The summed E-state index contributed by atoms with van der Waals surface area (Å²) in [4.78, 5) is 67.2. The van der Waals surface area contributed by atoms with Gasteiger partial charge in [0, 0.05) is 36.8 Å². The van der Waals surface area contributed by atoms with Crippen molar-refractivity contribution in [2.24, 2.45) is 16.7 Å². The number of hydrogen-bond donors (Lipinski definition) is 3. The third-order valence-corrected chi connectivity index (χ3v) is 11.1. The van der Waals surface area contributed by atoms with Gasteiger partial charge in [-0.2, -0.15) is 0 Å². The van der Waals surface area contributed by atoms with E-state index in [2.05, 4.69) is 29.8 Å². The summed E-state index contributed by atoms with van der Waals surface area (Å²) in [5.41, 5.74) is 0.898. The summed E-state index contributed by atoms with van der Waals surface area (Å²) in [6.07, 6.45) is 10.4. The van der Waals surface area contributed by atoms with Gasteiger partial charge < -0.3 is 29.8 Å². The Hall–Kier alpha value is -4.67. The van der Waals surface area contributed by atoms with Gasteiger partial charge in [0.2, 0.25) is 17.7 Å². The molecule has 2 heterocycles. The van der Waals surface area contributed by atoms with E-state index in [9.17, 15) is 24.0 Å². The Balaban J connectivity index is 1.15. The minimum atomic E-state index is -1.06. The van der Waals surface area contributed by atoms with Crippen LogP contribution in [-0.4, -0.2) is 58.8 Å². The minimum absolute atomic E-state index is 0.00850. The Bertz CT molecular complexity index is 1850. The first-order valence-corrected chi connectivity index (χ1v) is 16.7. The van der Waals surface area contributed by atoms with E-state index >= 15 is 0 Å². The molecule has 2 aromatic heterocycles. The number of nitrogens with zero attached hydrogens (tertiary/aromatic N) is 2. The zero-order valence-corrected chi connectivity index (χ0v) is 28.4. The molecule has 3 atom stereocenters. The molecule has 11 heteroatoms. The second kappa shape index (κ2) is 12.4. The van der Waals surface area contributed by atoms with Crippen molar-refractivity contribution in [3.05, 3.63) is 76.4 Å². The molecular weight excluding hydrogens is 610 g/mol. The van der Waals surface area contributed by atoms with Crippen molar-refractivity contribution in [1.29, 1.82) is 0 Å². The van der Waals surface area contributed by atoms with Crippen molar-refractivity contribution >= 4 is 40.3 Å². The zero-order valence-electron chi connectivity index (χ0n) is 28.4. The number of pyridine rings is 1. The summed E-state index contributed by atoms with van der Waals surface area (Å²) in [5.74, 6) is -0.898. The predicted octanol–water partition coefficient (Wildman–Crippen LogP) is 4.54. The van der Waals surface area contributed by atoms with Crippen LogP contribution in [0.25, 0.3) is 11.0 Å². The number of carbonyl (C=O) groups excluding carboxylic acids is 4. The lowest BCUT2D eigenvalue weighted by atomic mass is 9.71. The van der Waals surface area contributed by atoms with Crippen LogP contribution in [0.2, 0.25) is 0 Å². The van der Waals surface area contributed by atoms with Crippen LogP contribution in [0.4, 0.5) is 5.69 Å². The van der Waals surface area contributed by atoms with E-state index in [0.717, 1.165) is 24.6 Å². The van der Waals surface area contributed by atoms with Gasteiger partial charge in [-0.3, -0.25) is 24.0 Å². The molecule has 4 amide bonds. The van der Waals surface area contributed by atoms with Gasteiger partial charge in [-0.1, -0.05) is 38.1 Å². The average molecular weight is 656 g/mol. The number of aromatic nitrogens is 1. The molecule has 7 rings (SSSR count). The number of benzene rings is 1. The molecule has 0 saturated heterocycles. The molecule has 3 aromatic rings. The molecular formula is C37H45N5O6. The number of hydrogen-bond acceptors (Lipinski definition) is 6. The van der Waals surface area contributed by atoms with Crippen molar-refractivity contribution in [3.8, 4) is 0 Å². The van der Waals surface area contributed by atoms with Gasteiger partial charge in [0.05, 0.1) is 0 Å². The maximum absolute atomic E-state index is 13.6. The SMILES string of the molecule is Cc1c(C(=O)N[C@@H](CC/C=C/C(=O)N(C)C)C(=O)Nc2cccn(CC(=O)NC34CC5CC(C)(C3)C(C)(C5)C4)c2=O)oc2ccccc12. The maximum Gasteiger partial charge on any atom is 0.287 e. The quantitative estimate of drug-likeness (QED) is 0.259. The Kier molecular flexibility index (Phi) is 8.59. The monoisotopic (exact) mass is 655 g/mol. The lowest BCUT2D eigenvalue weighted by Crippen LogP contribution is -2.52. The van der Waals surface area contributed by atoms with E-state index in [1.165, 1.54) is 40.6 Å². The van der Waals surface area contributed by atoms with E-state index in [0.29, 0.717) is 23.5 Å². The average Bonchev–Trinajstić information content (AvgIpc) is 3.50. The number of aryl methyl sites for hydroxylation is 1. The standard InChI is InChI=1S/C37H45N5O6/c1-23-25-11-6-8-14-28(25)48-31(23)33(46)38-26(12-7-9-15-30(44)41(4)5)32(45)39-27-13-10-16-42(34(27)47)20-29(43)40-37-19-24-17-35(2,21-37)36(3,18-24)22-37/h6,8-11,13-16,24,26H,7,12,17-22H2,1-5H3,(H,38,46)(H,39,45)(H,40,43)/b15-9+/t24?,26-,35?,36?,37?/m0/s1. The molecule has 0 spiro atoms. The lowest BCUT2D eigenvalue weighted by molar-refractivity contribution is -0.125. The lowest BCUT2D eigenvalue weighted by Gasteiger charge is -2.41. The molecule has 254 valence electrons. The molecule has 4 bridgehead atoms. The number of anilines is 1. The van der Waals surface area contributed by atoms with Crippen LogP contribution >= 0.6 is 0 Å². The van der Waals surface area contributed by atoms with E-state index in [4.69, 9.17) is 4.42 Å². The summed E-state index contributed by atoms with van der Waals surface area (Å²) in [6, 6.07) is 9.29. The number of nitrogens with one attached hydrogen (secondary N) is 3. The van der Waals surface area contributed by atoms with Crippen LogP contribution in [0, 0.1) is 23.7 Å². The van der Waals surface area contributed by atoms with Crippen molar-refractivity contribution in [2.45, 2.75) is 83.8 Å². The Labute approximate surface area is 280 Å². The van der Waals surface area contributed by atoms with E-state index < -0.39 is 23.4 Å². The zero-order chi connectivity index (χ0) is 34.4. The topological polar surface area (TPSA) is 143 Å². The molecule has 48 heavy (non-hydrogen) atoms. The van der Waals surface area contributed by atoms with E-state index in [-0.39, 0.29) is 52.6 Å². The fourth-order valence-corrected chi connectivity index (χ4v) is 8.89. The van der Waals surface area contributed by atoms with Crippen LogP contribution in [0.3, 0.4) is 0 Å². The summed E-state index contributed by atoms with van der Waals surface area (Å²) >= 11 is 0. The van der Waals surface area contributed by atoms with Crippen molar-refractivity contribution in [2.75, 3.05) is 19.4 Å². The number of carbonyl (C=O) groups is 4. The fraction of sp³-hybridized carbons (Fsp3) is 0.486. The number of allylic oxidation sites excluding steroid dienone is 1. The normalized spacial score (nSPS) is 26.1. The van der Waals surface area contributed by atoms with Gasteiger partial charge in [-0.25, -0.2) is 0 Å². The highest BCUT2D eigenvalue weighted by Gasteiger charge is 2.68. The number of amides is 4. The third kappa shape index (κ3) is 6.18. The predicted molar refractivity (Wildman–Crippen MR) is 182 cm³/mol. The largest absolute Gasteiger partial charge is 0.451 e. The highest BCUT2D eigenvalue weighted by Crippen LogP contribution is 2.73. The van der Waals surface area contributed by atoms with Gasteiger partial charge in [0.1, 0.15) is 23.9 Å². The minimum Gasteiger partial charge on any atom is -0.451 e. The maximum atomic E-state index is 13.6. The van der Waals surface area contributed by atoms with Gasteiger partial charge in [0.25, 0.3) is 11.5 Å². The van der Waals surface area contributed by atoms with Gasteiger partial charge in [-0.05, 0) is 92.9 Å². The molecule has 1 aromatic carbocycles. The number of rotatable bonds is 11. The number of para-hydroxylation sites is 1. The molecule has 4 saturated carbocycles. The molecule has 4 fully saturated rings. The summed E-state index contributed by atoms with van der Waals surface area (Å²) in [7, 11) is 3.27.